The Morgan fingerprint density at radius 2 is 1.29 bits per heavy atom. The van der Waals surface area contributed by atoms with E-state index in [1.54, 1.807) is 40.6 Å². The van der Waals surface area contributed by atoms with Gasteiger partial charge in [-0.05, 0) is 61.0 Å². The SMILES string of the molecule is CCc1c(-c2ccc(OC)c(OC)c2)nn(-c2ccc(Cl)cc2Cl)c1-c1ccc(OC)c(OC)c1. The Labute approximate surface area is 214 Å². The monoisotopic (exact) mass is 512 g/mol. The number of hydrogen-bond acceptors (Lipinski definition) is 5. The molecule has 0 fully saturated rings. The van der Waals surface area contributed by atoms with Crippen molar-refractivity contribution in [2.24, 2.45) is 0 Å². The second kappa shape index (κ2) is 10.5. The predicted octanol–water partition coefficient (Wildman–Crippen LogP) is 7.11. The summed E-state index contributed by atoms with van der Waals surface area (Å²) in [6, 6.07) is 16.9. The molecule has 0 bridgehead atoms. The number of aromatic nitrogens is 2. The zero-order valence-corrected chi connectivity index (χ0v) is 21.7. The molecule has 0 unspecified atom stereocenters. The first-order chi connectivity index (χ1) is 16.9. The summed E-state index contributed by atoms with van der Waals surface area (Å²) in [5.41, 5.74) is 5.25. The highest BCUT2D eigenvalue weighted by Crippen LogP contribution is 2.41. The summed E-state index contributed by atoms with van der Waals surface area (Å²) in [4.78, 5) is 0. The quantitative estimate of drug-likeness (QED) is 0.251. The van der Waals surface area contributed by atoms with Gasteiger partial charge in [-0.15, -0.1) is 0 Å². The second-order valence-electron chi connectivity index (χ2n) is 7.68. The molecule has 0 saturated heterocycles. The van der Waals surface area contributed by atoms with Gasteiger partial charge in [0.15, 0.2) is 23.0 Å². The maximum absolute atomic E-state index is 6.64. The van der Waals surface area contributed by atoms with Gasteiger partial charge in [-0.25, -0.2) is 4.68 Å². The second-order valence-corrected chi connectivity index (χ2v) is 8.52. The molecule has 6 nitrogen and oxygen atoms in total. The Bertz CT molecular complexity index is 1370. The van der Waals surface area contributed by atoms with Crippen LogP contribution in [0.2, 0.25) is 10.0 Å². The lowest BCUT2D eigenvalue weighted by atomic mass is 9.99. The largest absolute Gasteiger partial charge is 0.493 e. The highest BCUT2D eigenvalue weighted by molar-refractivity contribution is 6.35. The van der Waals surface area contributed by atoms with Crippen LogP contribution >= 0.6 is 23.2 Å². The van der Waals surface area contributed by atoms with E-state index in [0.29, 0.717) is 38.7 Å². The molecule has 0 amide bonds. The number of rotatable bonds is 8. The lowest BCUT2D eigenvalue weighted by molar-refractivity contribution is 0.355. The number of ether oxygens (including phenoxy) is 4. The third-order valence-electron chi connectivity index (χ3n) is 5.79. The number of halogens is 2. The number of hydrogen-bond donors (Lipinski definition) is 0. The van der Waals surface area contributed by atoms with E-state index < -0.39 is 0 Å². The van der Waals surface area contributed by atoms with Crippen molar-refractivity contribution in [2.45, 2.75) is 13.3 Å². The van der Waals surface area contributed by atoms with E-state index in [2.05, 4.69) is 6.92 Å². The molecule has 0 aliphatic heterocycles. The summed E-state index contributed by atoms with van der Waals surface area (Å²) in [6.07, 6.45) is 0.721. The van der Waals surface area contributed by atoms with Crippen molar-refractivity contribution in [3.8, 4) is 51.2 Å². The van der Waals surface area contributed by atoms with E-state index in [1.165, 1.54) is 0 Å². The first-order valence-electron chi connectivity index (χ1n) is 11.0. The Balaban J connectivity index is 2.03. The van der Waals surface area contributed by atoms with Crippen LogP contribution in [0.15, 0.2) is 54.6 Å². The molecule has 0 N–H and O–H groups in total. The average molecular weight is 513 g/mol. The van der Waals surface area contributed by atoms with Gasteiger partial charge in [-0.2, -0.15) is 5.10 Å². The first kappa shape index (κ1) is 24.8. The van der Waals surface area contributed by atoms with E-state index >= 15 is 0 Å². The maximum atomic E-state index is 6.64. The Morgan fingerprint density at radius 1 is 0.714 bits per heavy atom. The molecule has 35 heavy (non-hydrogen) atoms. The minimum absolute atomic E-state index is 0.489. The fourth-order valence-corrected chi connectivity index (χ4v) is 4.60. The molecule has 4 aromatic rings. The molecule has 3 aromatic carbocycles. The van der Waals surface area contributed by atoms with E-state index in [-0.39, 0.29) is 0 Å². The third kappa shape index (κ3) is 4.64. The zero-order valence-electron chi connectivity index (χ0n) is 20.2. The summed E-state index contributed by atoms with van der Waals surface area (Å²) in [5.74, 6) is 2.54. The highest BCUT2D eigenvalue weighted by atomic mass is 35.5. The Kier molecular flexibility index (Phi) is 7.43. The van der Waals surface area contributed by atoms with Crippen LogP contribution in [0, 0.1) is 0 Å². The molecule has 0 aliphatic carbocycles. The summed E-state index contributed by atoms with van der Waals surface area (Å²) < 4.78 is 23.8. The van der Waals surface area contributed by atoms with Crippen molar-refractivity contribution in [3.63, 3.8) is 0 Å². The van der Waals surface area contributed by atoms with Crippen LogP contribution < -0.4 is 18.9 Å². The molecule has 8 heteroatoms. The predicted molar refractivity (Wildman–Crippen MR) is 140 cm³/mol. The molecule has 1 heterocycles. The Hall–Kier alpha value is -3.35. The first-order valence-corrected chi connectivity index (χ1v) is 11.7. The van der Waals surface area contributed by atoms with Crippen molar-refractivity contribution in [1.29, 1.82) is 0 Å². The topological polar surface area (TPSA) is 54.7 Å². The molecular weight excluding hydrogens is 487 g/mol. The van der Waals surface area contributed by atoms with Crippen molar-refractivity contribution >= 4 is 23.2 Å². The highest BCUT2D eigenvalue weighted by Gasteiger charge is 2.23. The molecule has 0 saturated carbocycles. The van der Waals surface area contributed by atoms with Gasteiger partial charge in [0, 0.05) is 21.7 Å². The molecule has 4 rings (SSSR count). The van der Waals surface area contributed by atoms with Crippen LogP contribution in [-0.4, -0.2) is 38.2 Å². The van der Waals surface area contributed by atoms with Crippen LogP contribution in [-0.2, 0) is 6.42 Å². The molecule has 0 aliphatic rings. The minimum atomic E-state index is 0.489. The van der Waals surface area contributed by atoms with Gasteiger partial charge in [0.05, 0.1) is 50.5 Å². The van der Waals surface area contributed by atoms with Gasteiger partial charge >= 0.3 is 0 Å². The van der Waals surface area contributed by atoms with Gasteiger partial charge in [0.1, 0.15) is 0 Å². The van der Waals surface area contributed by atoms with Crippen LogP contribution in [0.4, 0.5) is 0 Å². The van der Waals surface area contributed by atoms with E-state index in [9.17, 15) is 0 Å². The van der Waals surface area contributed by atoms with Crippen molar-refractivity contribution in [2.75, 3.05) is 28.4 Å². The standard InChI is InChI=1S/C27H26Cl2N2O4/c1-6-19-26(16-7-11-22(32-2)24(13-16)34-4)30-31(21-10-9-18(28)15-20(21)29)27(19)17-8-12-23(33-3)25(14-17)35-5/h7-15H,6H2,1-5H3. The van der Waals surface area contributed by atoms with Crippen LogP contribution in [0.25, 0.3) is 28.2 Å². The van der Waals surface area contributed by atoms with Gasteiger partial charge in [0.25, 0.3) is 0 Å². The van der Waals surface area contributed by atoms with E-state index in [4.69, 9.17) is 47.2 Å². The molecule has 0 spiro atoms. The summed E-state index contributed by atoms with van der Waals surface area (Å²) in [6.45, 7) is 2.10. The molecular formula is C27H26Cl2N2O4. The Morgan fingerprint density at radius 3 is 1.83 bits per heavy atom. The average Bonchev–Trinajstić information content (AvgIpc) is 3.27. The van der Waals surface area contributed by atoms with Crippen molar-refractivity contribution in [1.82, 2.24) is 9.78 Å². The van der Waals surface area contributed by atoms with Crippen molar-refractivity contribution < 1.29 is 18.9 Å². The van der Waals surface area contributed by atoms with E-state index in [1.807, 2.05) is 47.1 Å². The molecule has 182 valence electrons. The minimum Gasteiger partial charge on any atom is -0.493 e. The van der Waals surface area contributed by atoms with Crippen LogP contribution in [0.1, 0.15) is 12.5 Å². The molecule has 1 aromatic heterocycles. The van der Waals surface area contributed by atoms with Crippen LogP contribution in [0.3, 0.4) is 0 Å². The van der Waals surface area contributed by atoms with Gasteiger partial charge < -0.3 is 18.9 Å². The van der Waals surface area contributed by atoms with Gasteiger partial charge in [0.2, 0.25) is 0 Å². The third-order valence-corrected chi connectivity index (χ3v) is 6.33. The zero-order chi connectivity index (χ0) is 25.1. The van der Waals surface area contributed by atoms with E-state index in [0.717, 1.165) is 34.5 Å². The van der Waals surface area contributed by atoms with Gasteiger partial charge in [-0.3, -0.25) is 0 Å². The normalized spacial score (nSPS) is 10.8. The number of nitrogens with zero attached hydrogens (tertiary/aromatic N) is 2. The molecule has 0 radical (unpaired) electrons. The summed E-state index contributed by atoms with van der Waals surface area (Å²) in [7, 11) is 6.46. The van der Waals surface area contributed by atoms with Gasteiger partial charge in [-0.1, -0.05) is 30.1 Å². The number of benzene rings is 3. The smallest absolute Gasteiger partial charge is 0.161 e. The lowest BCUT2D eigenvalue weighted by Gasteiger charge is -2.14. The summed E-state index contributed by atoms with van der Waals surface area (Å²) >= 11 is 12.8. The van der Waals surface area contributed by atoms with Crippen molar-refractivity contribution in [3.05, 3.63) is 70.2 Å². The fourth-order valence-electron chi connectivity index (χ4n) is 4.11. The fraction of sp³-hybridized carbons (Fsp3) is 0.222. The lowest BCUT2D eigenvalue weighted by Crippen LogP contribution is -2.01. The summed E-state index contributed by atoms with van der Waals surface area (Å²) in [5, 5.41) is 6.08. The maximum Gasteiger partial charge on any atom is 0.161 e. The number of methoxy groups -OCH3 is 4. The van der Waals surface area contributed by atoms with Crippen LogP contribution in [0.5, 0.6) is 23.0 Å². The molecule has 0 atom stereocenters.